The van der Waals surface area contributed by atoms with Crippen molar-refractivity contribution in [1.29, 1.82) is 0 Å². The number of aliphatic hydroxyl groups is 16. The first-order valence-electron chi connectivity index (χ1n) is 37.7. The van der Waals surface area contributed by atoms with Crippen molar-refractivity contribution in [3.05, 3.63) is 47.6 Å². The Labute approximate surface area is 629 Å². The molecular formula is C74H110O35. The first-order valence-corrected chi connectivity index (χ1v) is 37.7. The number of aliphatic hydroxyl groups excluding tert-OH is 16. The van der Waals surface area contributed by atoms with Crippen LogP contribution in [0.15, 0.2) is 42.0 Å². The number of methoxy groups -OCH3 is 3. The average molecular weight is 1560 g/mol. The highest BCUT2D eigenvalue weighted by Crippen LogP contribution is 2.69. The minimum Gasteiger partial charge on any atom is -0.497 e. The lowest BCUT2D eigenvalue weighted by Gasteiger charge is -2.63. The summed E-state index contributed by atoms with van der Waals surface area (Å²) < 4.78 is 95.0. The Morgan fingerprint density at radius 3 is 1.71 bits per heavy atom. The molecule has 0 bridgehead atoms. The van der Waals surface area contributed by atoms with Crippen molar-refractivity contribution in [3.8, 4) is 5.75 Å². The molecule has 6 heterocycles. The van der Waals surface area contributed by atoms with Crippen molar-refractivity contribution in [2.75, 3.05) is 47.8 Å². The van der Waals surface area contributed by atoms with Gasteiger partial charge in [-0.1, -0.05) is 37.6 Å². The molecule has 39 atom stereocenters. The third-order valence-corrected chi connectivity index (χ3v) is 25.4. The molecule has 616 valence electrons. The number of allylic oxidation sites excluding steroid dienone is 1. The van der Waals surface area contributed by atoms with Gasteiger partial charge in [0, 0.05) is 11.5 Å². The summed E-state index contributed by atoms with van der Waals surface area (Å²) in [6.45, 7) is 6.24. The zero-order valence-corrected chi connectivity index (χ0v) is 62.0. The fourth-order valence-corrected chi connectivity index (χ4v) is 19.3. The van der Waals surface area contributed by atoms with Crippen LogP contribution in [0.1, 0.15) is 98.0 Å². The first-order chi connectivity index (χ1) is 51.7. The Kier molecular flexibility index (Phi) is 26.5. The molecule has 12 rings (SSSR count). The van der Waals surface area contributed by atoms with Crippen LogP contribution in [0.3, 0.4) is 0 Å². The van der Waals surface area contributed by atoms with E-state index in [1.54, 1.807) is 25.3 Å². The van der Waals surface area contributed by atoms with Crippen molar-refractivity contribution in [2.24, 2.45) is 51.8 Å². The van der Waals surface area contributed by atoms with Crippen LogP contribution >= 0.6 is 0 Å². The summed E-state index contributed by atoms with van der Waals surface area (Å²) in [7, 11) is 4.19. The first kappa shape index (κ1) is 84.2. The Morgan fingerprint density at radius 1 is 0.523 bits per heavy atom. The Bertz CT molecular complexity index is 3290. The number of rotatable bonds is 21. The fraction of sp³-hybridized carbons (Fsp3) is 0.824. The van der Waals surface area contributed by atoms with Crippen LogP contribution in [0, 0.1) is 51.8 Å². The summed E-state index contributed by atoms with van der Waals surface area (Å²) in [4.78, 5) is 42.6. The Morgan fingerprint density at radius 2 is 1.07 bits per heavy atom. The van der Waals surface area contributed by atoms with Crippen LogP contribution in [-0.4, -0.2) is 338 Å². The predicted molar refractivity (Wildman–Crippen MR) is 364 cm³/mol. The van der Waals surface area contributed by atoms with Gasteiger partial charge in [-0.3, -0.25) is 9.59 Å². The summed E-state index contributed by atoms with van der Waals surface area (Å²) in [5, 5.41) is 179. The molecule has 0 aromatic heterocycles. The van der Waals surface area contributed by atoms with Gasteiger partial charge >= 0.3 is 17.9 Å². The zero-order valence-electron chi connectivity index (χ0n) is 62.0. The second kappa shape index (κ2) is 34.3. The molecule has 39 unspecified atom stereocenters. The molecule has 16 N–H and O–H groups in total. The van der Waals surface area contributed by atoms with Crippen LogP contribution in [0.5, 0.6) is 5.75 Å². The molecule has 1 aromatic rings. The van der Waals surface area contributed by atoms with E-state index in [1.165, 1.54) is 41.1 Å². The fourth-order valence-electron chi connectivity index (χ4n) is 19.3. The number of ether oxygens (including phenoxy) is 16. The van der Waals surface area contributed by atoms with Gasteiger partial charge in [-0.2, -0.15) is 0 Å². The monoisotopic (exact) mass is 1560 g/mol. The van der Waals surface area contributed by atoms with Crippen molar-refractivity contribution < 1.29 is 172 Å². The zero-order chi connectivity index (χ0) is 78.8. The van der Waals surface area contributed by atoms with Gasteiger partial charge in [-0.25, -0.2) is 4.79 Å². The van der Waals surface area contributed by atoms with E-state index in [2.05, 4.69) is 19.9 Å². The minimum absolute atomic E-state index is 0.00546. The van der Waals surface area contributed by atoms with Gasteiger partial charge in [0.15, 0.2) is 37.7 Å². The topological polar surface area (TPSA) is 523 Å². The minimum atomic E-state index is -2.13. The molecule has 35 heteroatoms. The maximum Gasteiger partial charge on any atom is 0.330 e. The summed E-state index contributed by atoms with van der Waals surface area (Å²) in [5.74, 6) is -3.46. The van der Waals surface area contributed by atoms with E-state index in [0.29, 0.717) is 50.7 Å². The van der Waals surface area contributed by atoms with Crippen molar-refractivity contribution in [2.45, 2.75) is 283 Å². The summed E-state index contributed by atoms with van der Waals surface area (Å²) in [5.41, 5.74) is 0.110. The molecule has 11 aliphatic rings. The number of benzene rings is 1. The van der Waals surface area contributed by atoms with E-state index in [-0.39, 0.29) is 48.1 Å². The molecule has 6 aliphatic heterocycles. The molecule has 4 saturated carbocycles. The SMILES string of the molecule is COC(=O)C1C2CCC3C(CC=C4C5CC(C)(C)CCC5(C(=O)OC)CCC43COC(=O)C=Cc3ccc(OC)cc3)C2CC(O)C1OC1OC(C)C(OC2OC(C)C(OC3OCC(OC4OC(CO)C(O)C(O)C4O)C(O)C3O)C(O)C2OC2OC(C)C(O)C(OC3OC(CO)C(O)C(O)C3O)C2O)C(O)C1O. The molecule has 10 fully saturated rings. The number of esters is 3. The molecule has 0 radical (unpaired) electrons. The molecule has 1 aromatic carbocycles. The number of carbonyl (C=O) groups is 3. The normalized spacial score (nSPS) is 48.5. The van der Waals surface area contributed by atoms with Gasteiger partial charge in [0.25, 0.3) is 0 Å². The Balaban J connectivity index is 0.770. The van der Waals surface area contributed by atoms with Crippen LogP contribution < -0.4 is 4.74 Å². The van der Waals surface area contributed by atoms with Crippen molar-refractivity contribution in [3.63, 3.8) is 0 Å². The summed E-state index contributed by atoms with van der Waals surface area (Å²) in [6, 6.07) is 7.19. The lowest BCUT2D eigenvalue weighted by molar-refractivity contribution is -0.404. The molecule has 6 saturated heterocycles. The molecule has 0 spiro atoms. The number of fused-ring (bicyclic) bond motifs is 7. The maximum absolute atomic E-state index is 14.5. The quantitative estimate of drug-likeness (QED) is 0.0184. The van der Waals surface area contributed by atoms with E-state index in [0.717, 1.165) is 17.6 Å². The molecular weight excluding hydrogens is 1450 g/mol. The van der Waals surface area contributed by atoms with Crippen LogP contribution in [-0.2, 0) is 85.4 Å². The Hall–Kier alpha value is -4.21. The number of hydrogen-bond acceptors (Lipinski definition) is 35. The molecule has 0 amide bonds. The third kappa shape index (κ3) is 16.3. The highest BCUT2D eigenvalue weighted by molar-refractivity contribution is 5.87. The van der Waals surface area contributed by atoms with E-state index in [4.69, 9.17) is 75.8 Å². The van der Waals surface area contributed by atoms with Crippen LogP contribution in [0.2, 0.25) is 0 Å². The third-order valence-electron chi connectivity index (χ3n) is 25.4. The van der Waals surface area contributed by atoms with E-state index in [1.807, 2.05) is 12.1 Å². The predicted octanol–water partition coefficient (Wildman–Crippen LogP) is -3.81. The van der Waals surface area contributed by atoms with Crippen LogP contribution in [0.4, 0.5) is 0 Å². The van der Waals surface area contributed by atoms with Gasteiger partial charge in [0.1, 0.15) is 141 Å². The van der Waals surface area contributed by atoms with Crippen LogP contribution in [0.25, 0.3) is 6.08 Å². The molecule has 5 aliphatic carbocycles. The van der Waals surface area contributed by atoms with E-state index < -0.39 is 245 Å². The molecule has 35 nitrogen and oxygen atoms in total. The van der Waals surface area contributed by atoms with E-state index >= 15 is 0 Å². The maximum atomic E-state index is 14.5. The summed E-state index contributed by atoms with van der Waals surface area (Å²) in [6.07, 6.45) is -44.9. The van der Waals surface area contributed by atoms with Gasteiger partial charge in [-0.15, -0.1) is 0 Å². The lowest BCUT2D eigenvalue weighted by Crippen LogP contribution is -2.68. The smallest absolute Gasteiger partial charge is 0.330 e. The van der Waals surface area contributed by atoms with Gasteiger partial charge in [0.05, 0.1) is 76.9 Å². The van der Waals surface area contributed by atoms with Gasteiger partial charge < -0.3 is 157 Å². The van der Waals surface area contributed by atoms with Crippen molar-refractivity contribution >= 4 is 24.0 Å². The molecule has 109 heavy (non-hydrogen) atoms. The standard InChI is InChI=1S/C74H110O35/c1-29-46(79)62(108-68-55(88)51(84)48(81)42(26-76)103-68)58(91)69(99-29)109-63-57(90)60(105-65-53(86)49(82)43(27-97-65)104-67-54(87)50(83)47(80)41(25-75)102-67)31(3)101-70(63)106-59-30(2)100-66(56(89)52(59)85)107-61-40(77)23-36-34-14-17-38-39-24-72(4,5)19-20-73(39,71(93)96-8)21-22-74(38,37(34)16-15-35(36)45(61)64(92)95-7)28-98-44(78)18-11-32-9-12-33(94-6)13-10-32/h9-13,17-18,29-31,34-37,39-43,45-63,65-70,75-77,79-91H,14-16,19-28H2,1-8H3. The van der Waals surface area contributed by atoms with Gasteiger partial charge in [0.2, 0.25) is 0 Å². The second-order valence-corrected chi connectivity index (χ2v) is 32.2. The highest BCUT2D eigenvalue weighted by atomic mass is 16.8. The highest BCUT2D eigenvalue weighted by Gasteiger charge is 2.67. The van der Waals surface area contributed by atoms with E-state index in [9.17, 15) is 96.1 Å². The summed E-state index contributed by atoms with van der Waals surface area (Å²) >= 11 is 0. The second-order valence-electron chi connectivity index (χ2n) is 32.2. The number of carbonyl (C=O) groups excluding carboxylic acids is 3. The van der Waals surface area contributed by atoms with Crippen molar-refractivity contribution in [1.82, 2.24) is 0 Å². The average Bonchev–Trinajstić information content (AvgIpc) is 0.694. The largest absolute Gasteiger partial charge is 0.497 e. The lowest BCUT2D eigenvalue weighted by atomic mass is 9.41. The van der Waals surface area contributed by atoms with Gasteiger partial charge in [-0.05, 0) is 137 Å². The number of hydrogen-bond donors (Lipinski definition) is 16.